The van der Waals surface area contributed by atoms with Crippen LogP contribution in [0.1, 0.15) is 0 Å². The molecule has 1 heterocycles. The van der Waals surface area contributed by atoms with E-state index in [0.29, 0.717) is 16.7 Å². The van der Waals surface area contributed by atoms with E-state index in [4.69, 9.17) is 17.3 Å². The monoisotopic (exact) mass is 280 g/mol. The average molecular weight is 281 g/mol. The maximum atomic E-state index is 11.7. The van der Waals surface area contributed by atoms with E-state index in [0.717, 1.165) is 0 Å². The van der Waals surface area contributed by atoms with Crippen LogP contribution in [0.15, 0.2) is 32.8 Å². The molecule has 0 aliphatic rings. The van der Waals surface area contributed by atoms with Gasteiger partial charge in [-0.05, 0) is 18.2 Å². The van der Waals surface area contributed by atoms with E-state index >= 15 is 0 Å². The molecule has 1 aromatic carbocycles. The lowest BCUT2D eigenvalue weighted by Crippen LogP contribution is -2.39. The van der Waals surface area contributed by atoms with Crippen molar-refractivity contribution in [2.75, 3.05) is 5.88 Å². The lowest BCUT2D eigenvalue weighted by atomic mass is 10.2. The fourth-order valence-corrected chi connectivity index (χ4v) is 1.89. The van der Waals surface area contributed by atoms with Crippen LogP contribution in [0.5, 0.6) is 0 Å². The average Bonchev–Trinajstić information content (AvgIpc) is 2.42. The Hall–Kier alpha value is -2.08. The molecule has 0 atom stereocenters. The van der Waals surface area contributed by atoms with Gasteiger partial charge in [0.05, 0.1) is 22.6 Å². The highest BCUT2D eigenvalue weighted by Gasteiger charge is 2.08. The molecule has 0 spiro atoms. The summed E-state index contributed by atoms with van der Waals surface area (Å²) in [5.74, 6) is 0.417. The molecule has 0 amide bonds. The molecule has 7 heteroatoms. The van der Waals surface area contributed by atoms with Crippen molar-refractivity contribution in [3.63, 3.8) is 0 Å². The van der Waals surface area contributed by atoms with E-state index < -0.39 is 11.1 Å². The number of nitrogens with zero attached hydrogens (tertiary/aromatic N) is 3. The quantitative estimate of drug-likeness (QED) is 0.376. The van der Waals surface area contributed by atoms with Gasteiger partial charge in [0.25, 0.3) is 0 Å². The molecule has 2 N–H and O–H groups in total. The third-order valence-corrected chi connectivity index (χ3v) is 3.16. The van der Waals surface area contributed by atoms with Crippen molar-refractivity contribution < 1.29 is 0 Å². The summed E-state index contributed by atoms with van der Waals surface area (Å²) < 4.78 is 2.61. The lowest BCUT2D eigenvalue weighted by molar-refractivity contribution is 0.799. The van der Waals surface area contributed by atoms with Crippen LogP contribution in [0.25, 0.3) is 11.0 Å². The van der Waals surface area contributed by atoms with Crippen LogP contribution >= 0.6 is 11.6 Å². The second kappa shape index (κ2) is 4.89. The number of halogens is 1. The highest BCUT2D eigenvalue weighted by molar-refractivity contribution is 6.28. The summed E-state index contributed by atoms with van der Waals surface area (Å²) >= 11 is 5.57. The summed E-state index contributed by atoms with van der Waals surface area (Å²) in [4.78, 5) is 27.5. The van der Waals surface area contributed by atoms with E-state index in [1.54, 1.807) is 32.3 Å². The number of fused-ring (bicyclic) bond motifs is 1. The summed E-state index contributed by atoms with van der Waals surface area (Å²) in [6.45, 7) is 0. The van der Waals surface area contributed by atoms with Gasteiger partial charge in [-0.25, -0.2) is 4.99 Å². The van der Waals surface area contributed by atoms with Gasteiger partial charge in [-0.15, -0.1) is 11.6 Å². The molecule has 1 aromatic heterocycles. The van der Waals surface area contributed by atoms with E-state index in [1.807, 2.05) is 0 Å². The molecule has 0 bridgehead atoms. The Bertz CT molecular complexity index is 789. The van der Waals surface area contributed by atoms with E-state index in [-0.39, 0.29) is 11.7 Å². The van der Waals surface area contributed by atoms with Gasteiger partial charge in [0.1, 0.15) is 5.84 Å². The molecule has 0 fully saturated rings. The van der Waals surface area contributed by atoms with Gasteiger partial charge in [-0.2, -0.15) is 0 Å². The molecular formula is C12H13ClN4O2. The highest BCUT2D eigenvalue weighted by atomic mass is 35.5. The third-order valence-electron chi connectivity index (χ3n) is 2.88. The van der Waals surface area contributed by atoms with Gasteiger partial charge in [0.15, 0.2) is 0 Å². The van der Waals surface area contributed by atoms with Gasteiger partial charge in [0.2, 0.25) is 0 Å². The summed E-state index contributed by atoms with van der Waals surface area (Å²) in [6, 6.07) is 5.12. The zero-order valence-electron chi connectivity index (χ0n) is 10.6. The Morgan fingerprint density at radius 1 is 1.21 bits per heavy atom. The van der Waals surface area contributed by atoms with Crippen LogP contribution in [-0.2, 0) is 14.1 Å². The summed E-state index contributed by atoms with van der Waals surface area (Å²) in [5, 5.41) is 0. The number of nitrogens with two attached hydrogens (primary N) is 1. The largest absolute Gasteiger partial charge is 0.386 e. The molecule has 0 aliphatic carbocycles. The summed E-state index contributed by atoms with van der Waals surface area (Å²) in [7, 11) is 3.10. The number of alkyl halides is 1. The maximum absolute atomic E-state index is 11.7. The van der Waals surface area contributed by atoms with Crippen LogP contribution in [0.2, 0.25) is 0 Å². The minimum Gasteiger partial charge on any atom is -0.386 e. The van der Waals surface area contributed by atoms with Crippen LogP contribution in [0.4, 0.5) is 5.69 Å². The molecule has 0 aliphatic heterocycles. The predicted octanol–water partition coefficient (Wildman–Crippen LogP) is 0.465. The number of hydrogen-bond acceptors (Lipinski definition) is 3. The Kier molecular flexibility index (Phi) is 3.44. The van der Waals surface area contributed by atoms with E-state index in [1.165, 1.54) is 9.13 Å². The van der Waals surface area contributed by atoms with Crippen molar-refractivity contribution in [2.24, 2.45) is 24.8 Å². The molecule has 0 radical (unpaired) electrons. The van der Waals surface area contributed by atoms with Crippen molar-refractivity contribution in [1.82, 2.24) is 9.13 Å². The highest BCUT2D eigenvalue weighted by Crippen LogP contribution is 2.18. The number of amidine groups is 1. The van der Waals surface area contributed by atoms with Gasteiger partial charge >= 0.3 is 11.1 Å². The number of aryl methyl sites for hydroxylation is 2. The molecule has 2 aromatic rings. The number of benzene rings is 1. The summed E-state index contributed by atoms with van der Waals surface area (Å²) in [5.41, 5.74) is 6.26. The fraction of sp³-hybridized carbons (Fsp3) is 0.250. The first-order valence-corrected chi connectivity index (χ1v) is 6.08. The van der Waals surface area contributed by atoms with Gasteiger partial charge in [0, 0.05) is 14.1 Å². The smallest absolute Gasteiger partial charge is 0.316 e. The number of rotatable bonds is 2. The molecule has 0 saturated heterocycles. The first-order chi connectivity index (χ1) is 8.95. The molecule has 0 saturated carbocycles. The van der Waals surface area contributed by atoms with Crippen molar-refractivity contribution in [3.05, 3.63) is 38.9 Å². The SMILES string of the molecule is Cn1c(=O)c(=O)n(C)c2cc(N=C(N)CCl)ccc21. The van der Waals surface area contributed by atoms with Crippen molar-refractivity contribution in [1.29, 1.82) is 0 Å². The van der Waals surface area contributed by atoms with Crippen molar-refractivity contribution >= 4 is 34.2 Å². The second-order valence-corrected chi connectivity index (χ2v) is 4.41. The van der Waals surface area contributed by atoms with Crippen LogP contribution in [-0.4, -0.2) is 20.8 Å². The molecule has 0 unspecified atom stereocenters. The Balaban J connectivity index is 2.81. The van der Waals surface area contributed by atoms with Crippen molar-refractivity contribution in [3.8, 4) is 0 Å². The Morgan fingerprint density at radius 3 is 2.37 bits per heavy atom. The molecule has 6 nitrogen and oxygen atoms in total. The minimum atomic E-state index is -0.582. The van der Waals surface area contributed by atoms with Gasteiger partial charge in [-0.1, -0.05) is 0 Å². The predicted molar refractivity (Wildman–Crippen MR) is 76.4 cm³/mol. The van der Waals surface area contributed by atoms with E-state index in [9.17, 15) is 9.59 Å². The third kappa shape index (κ3) is 2.26. The van der Waals surface area contributed by atoms with E-state index in [2.05, 4.69) is 4.99 Å². The maximum Gasteiger partial charge on any atom is 0.316 e. The zero-order valence-corrected chi connectivity index (χ0v) is 11.3. The minimum absolute atomic E-state index is 0.129. The second-order valence-electron chi connectivity index (χ2n) is 4.14. The van der Waals surface area contributed by atoms with Crippen LogP contribution in [0.3, 0.4) is 0 Å². The normalized spacial score (nSPS) is 12.1. The van der Waals surface area contributed by atoms with Crippen molar-refractivity contribution in [2.45, 2.75) is 0 Å². The molecule has 2 rings (SSSR count). The number of hydrogen-bond donors (Lipinski definition) is 1. The Morgan fingerprint density at radius 2 is 1.79 bits per heavy atom. The molecule has 100 valence electrons. The van der Waals surface area contributed by atoms with Crippen LogP contribution < -0.4 is 16.9 Å². The first kappa shape index (κ1) is 13.4. The number of aromatic nitrogens is 2. The first-order valence-electron chi connectivity index (χ1n) is 5.54. The molecular weight excluding hydrogens is 268 g/mol. The van der Waals surface area contributed by atoms with Crippen LogP contribution in [0, 0.1) is 0 Å². The zero-order chi connectivity index (χ0) is 14.2. The summed E-state index contributed by atoms with van der Waals surface area (Å²) in [6.07, 6.45) is 0. The topological polar surface area (TPSA) is 82.4 Å². The van der Waals surface area contributed by atoms with Gasteiger partial charge in [-0.3, -0.25) is 9.59 Å². The standard InChI is InChI=1S/C12H13ClN4O2/c1-16-8-4-3-7(15-10(14)6-13)5-9(8)17(2)12(19)11(16)18/h3-5H,6H2,1-2H3,(H2,14,15). The van der Waals surface area contributed by atoms with Gasteiger partial charge < -0.3 is 14.9 Å². The molecule has 19 heavy (non-hydrogen) atoms. The fourth-order valence-electron chi connectivity index (χ4n) is 1.84. The number of aliphatic imine (C=N–C) groups is 1. The Labute approximate surface area is 113 Å². The lowest BCUT2D eigenvalue weighted by Gasteiger charge is -2.09.